The summed E-state index contributed by atoms with van der Waals surface area (Å²) >= 11 is 3.33. The quantitative estimate of drug-likeness (QED) is 0.596. The summed E-state index contributed by atoms with van der Waals surface area (Å²) in [5, 5.41) is 9.63. The molecule has 0 radical (unpaired) electrons. The molecule has 1 atom stereocenters. The number of hydrogen-bond acceptors (Lipinski definition) is 5. The van der Waals surface area contributed by atoms with Crippen LogP contribution in [0.25, 0.3) is 10.2 Å². The zero-order valence-corrected chi connectivity index (χ0v) is 17.5. The summed E-state index contributed by atoms with van der Waals surface area (Å²) in [6, 6.07) is 9.72. The largest absolute Gasteiger partial charge is 0.309 e. The first-order valence-corrected chi connectivity index (χ1v) is 11.1. The number of thioether (sulfide) groups is 1. The number of aryl methyl sites for hydroxylation is 1. The Morgan fingerprint density at radius 3 is 2.70 bits per heavy atom. The standard InChI is InChI=1S/C21H23N3OS2/c1-4-13(2)9-17-14(3)27-21-19(17)20(25)23-18(24-21)12-26-11-16-7-5-15(10-22)6-8-16/h5-8,13H,4,9,11-12H2,1-3H3,(H,23,24,25). The minimum atomic E-state index is -0.0170. The maximum absolute atomic E-state index is 12.7. The molecule has 0 amide bonds. The summed E-state index contributed by atoms with van der Waals surface area (Å²) in [6.07, 6.45) is 2.03. The number of aromatic amines is 1. The van der Waals surface area contributed by atoms with Crippen LogP contribution >= 0.6 is 23.1 Å². The van der Waals surface area contributed by atoms with Gasteiger partial charge in [-0.2, -0.15) is 5.26 Å². The zero-order chi connectivity index (χ0) is 19.4. The van der Waals surface area contributed by atoms with Crippen molar-refractivity contribution in [2.24, 2.45) is 5.92 Å². The van der Waals surface area contributed by atoms with Crippen LogP contribution in [0.15, 0.2) is 29.1 Å². The minimum absolute atomic E-state index is 0.0170. The molecular weight excluding hydrogens is 374 g/mol. The van der Waals surface area contributed by atoms with Crippen LogP contribution in [0.3, 0.4) is 0 Å². The highest BCUT2D eigenvalue weighted by Gasteiger charge is 2.16. The zero-order valence-electron chi connectivity index (χ0n) is 15.8. The van der Waals surface area contributed by atoms with E-state index in [1.165, 1.54) is 4.88 Å². The van der Waals surface area contributed by atoms with Gasteiger partial charge < -0.3 is 4.98 Å². The van der Waals surface area contributed by atoms with Gasteiger partial charge in [0.1, 0.15) is 10.7 Å². The Hall–Kier alpha value is -2.10. The van der Waals surface area contributed by atoms with Crippen molar-refractivity contribution < 1.29 is 0 Å². The average Bonchev–Trinajstić information content (AvgIpc) is 2.97. The second-order valence-corrected chi connectivity index (χ2v) is 9.04. The topological polar surface area (TPSA) is 69.5 Å². The number of nitriles is 1. The van der Waals surface area contributed by atoms with Crippen LogP contribution in [-0.4, -0.2) is 9.97 Å². The van der Waals surface area contributed by atoms with Crippen LogP contribution in [-0.2, 0) is 17.9 Å². The molecule has 4 nitrogen and oxygen atoms in total. The summed E-state index contributed by atoms with van der Waals surface area (Å²) < 4.78 is 0. The Labute approximate surface area is 167 Å². The Bertz CT molecular complexity index is 1030. The summed E-state index contributed by atoms with van der Waals surface area (Å²) in [5.74, 6) is 2.75. The van der Waals surface area contributed by atoms with Crippen molar-refractivity contribution in [1.82, 2.24) is 9.97 Å². The van der Waals surface area contributed by atoms with Crippen LogP contribution in [0.2, 0.25) is 0 Å². The number of thiophene rings is 1. The van der Waals surface area contributed by atoms with Gasteiger partial charge in [-0.15, -0.1) is 23.1 Å². The third kappa shape index (κ3) is 4.60. The normalized spacial score (nSPS) is 12.2. The molecule has 27 heavy (non-hydrogen) atoms. The molecule has 0 aliphatic rings. The number of rotatable bonds is 7. The molecule has 6 heteroatoms. The van der Waals surface area contributed by atoms with Gasteiger partial charge in [0.15, 0.2) is 0 Å². The molecule has 2 aromatic heterocycles. The smallest absolute Gasteiger partial charge is 0.259 e. The lowest BCUT2D eigenvalue weighted by molar-refractivity contribution is 0.561. The van der Waals surface area contributed by atoms with E-state index in [2.05, 4.69) is 31.8 Å². The summed E-state index contributed by atoms with van der Waals surface area (Å²) in [5.41, 5.74) is 2.97. The van der Waals surface area contributed by atoms with E-state index in [0.717, 1.165) is 45.8 Å². The predicted octanol–water partition coefficient (Wildman–Crippen LogP) is 5.19. The third-order valence-electron chi connectivity index (χ3n) is 4.75. The van der Waals surface area contributed by atoms with E-state index in [4.69, 9.17) is 10.2 Å². The molecular formula is C21H23N3OS2. The third-order valence-corrected chi connectivity index (χ3v) is 6.81. The number of aromatic nitrogens is 2. The molecule has 0 aliphatic heterocycles. The van der Waals surface area contributed by atoms with E-state index in [1.807, 2.05) is 24.3 Å². The molecule has 2 heterocycles. The highest BCUT2D eigenvalue weighted by atomic mass is 32.2. The number of fused-ring (bicyclic) bond motifs is 1. The molecule has 140 valence electrons. The van der Waals surface area contributed by atoms with E-state index in [1.54, 1.807) is 23.1 Å². The highest BCUT2D eigenvalue weighted by molar-refractivity contribution is 7.97. The second kappa shape index (κ2) is 8.73. The van der Waals surface area contributed by atoms with Gasteiger partial charge in [-0.3, -0.25) is 4.79 Å². The van der Waals surface area contributed by atoms with Gasteiger partial charge in [0, 0.05) is 10.6 Å². The van der Waals surface area contributed by atoms with Crippen molar-refractivity contribution in [2.75, 3.05) is 0 Å². The molecule has 0 fully saturated rings. The van der Waals surface area contributed by atoms with Crippen LogP contribution < -0.4 is 5.56 Å². The number of benzene rings is 1. The number of nitrogens with one attached hydrogen (secondary N) is 1. The highest BCUT2D eigenvalue weighted by Crippen LogP contribution is 2.30. The van der Waals surface area contributed by atoms with Gasteiger partial charge in [-0.25, -0.2) is 4.98 Å². The Kier molecular flexibility index (Phi) is 6.35. The Balaban J connectivity index is 1.74. The van der Waals surface area contributed by atoms with Crippen LogP contribution in [0.5, 0.6) is 0 Å². The van der Waals surface area contributed by atoms with Gasteiger partial charge in [-0.05, 0) is 42.5 Å². The molecule has 3 aromatic rings. The molecule has 1 aromatic carbocycles. The van der Waals surface area contributed by atoms with Crippen molar-refractivity contribution in [3.8, 4) is 6.07 Å². The van der Waals surface area contributed by atoms with E-state index in [-0.39, 0.29) is 5.56 Å². The van der Waals surface area contributed by atoms with E-state index >= 15 is 0 Å². The van der Waals surface area contributed by atoms with E-state index in [0.29, 0.717) is 17.2 Å². The van der Waals surface area contributed by atoms with Crippen LogP contribution in [0, 0.1) is 24.2 Å². The maximum Gasteiger partial charge on any atom is 0.259 e. The van der Waals surface area contributed by atoms with Crippen LogP contribution in [0.1, 0.15) is 47.7 Å². The maximum atomic E-state index is 12.7. The van der Waals surface area contributed by atoms with Crippen molar-refractivity contribution >= 4 is 33.3 Å². The lowest BCUT2D eigenvalue weighted by Crippen LogP contribution is -2.12. The summed E-state index contributed by atoms with van der Waals surface area (Å²) in [4.78, 5) is 22.4. The van der Waals surface area contributed by atoms with Gasteiger partial charge in [-0.1, -0.05) is 32.4 Å². The SMILES string of the molecule is CCC(C)Cc1c(C)sc2nc(CSCc3ccc(C#N)cc3)[nH]c(=O)c12. The number of H-pyrrole nitrogens is 1. The molecule has 1 unspecified atom stereocenters. The molecule has 0 bridgehead atoms. The lowest BCUT2D eigenvalue weighted by atomic mass is 9.98. The first kappa shape index (κ1) is 19.7. The molecule has 1 N–H and O–H groups in total. The van der Waals surface area contributed by atoms with Gasteiger partial charge in [0.25, 0.3) is 5.56 Å². The van der Waals surface area contributed by atoms with E-state index < -0.39 is 0 Å². The molecule has 0 aliphatic carbocycles. The minimum Gasteiger partial charge on any atom is -0.309 e. The monoisotopic (exact) mass is 397 g/mol. The molecule has 0 saturated heterocycles. The van der Waals surface area contributed by atoms with Crippen molar-refractivity contribution in [3.05, 3.63) is 62.0 Å². The summed E-state index contributed by atoms with van der Waals surface area (Å²) in [7, 11) is 0. The van der Waals surface area contributed by atoms with Crippen molar-refractivity contribution in [2.45, 2.75) is 45.1 Å². The molecule has 3 rings (SSSR count). The fourth-order valence-electron chi connectivity index (χ4n) is 2.97. The van der Waals surface area contributed by atoms with Gasteiger partial charge in [0.05, 0.1) is 22.8 Å². The fraction of sp³-hybridized carbons (Fsp3) is 0.381. The number of nitrogens with zero attached hydrogens (tertiary/aromatic N) is 2. The van der Waals surface area contributed by atoms with Crippen molar-refractivity contribution in [3.63, 3.8) is 0 Å². The van der Waals surface area contributed by atoms with Gasteiger partial charge >= 0.3 is 0 Å². The first-order valence-electron chi connectivity index (χ1n) is 9.09. The van der Waals surface area contributed by atoms with E-state index in [9.17, 15) is 4.79 Å². The lowest BCUT2D eigenvalue weighted by Gasteiger charge is -2.08. The molecule has 0 saturated carbocycles. The Morgan fingerprint density at radius 1 is 1.30 bits per heavy atom. The number of hydrogen-bond donors (Lipinski definition) is 1. The summed E-state index contributed by atoms with van der Waals surface area (Å²) in [6.45, 7) is 6.49. The van der Waals surface area contributed by atoms with Gasteiger partial charge in [0.2, 0.25) is 0 Å². The molecule has 0 spiro atoms. The van der Waals surface area contributed by atoms with Crippen LogP contribution in [0.4, 0.5) is 0 Å². The van der Waals surface area contributed by atoms with Crippen molar-refractivity contribution in [1.29, 1.82) is 5.26 Å². The second-order valence-electron chi connectivity index (χ2n) is 6.85. The fourth-order valence-corrected chi connectivity index (χ4v) is 4.90. The predicted molar refractivity (Wildman–Crippen MR) is 114 cm³/mol. The Morgan fingerprint density at radius 2 is 2.04 bits per heavy atom. The first-order chi connectivity index (χ1) is 13.0. The average molecular weight is 398 g/mol.